The maximum Gasteiger partial charge on any atom is 0.309 e. The van der Waals surface area contributed by atoms with Gasteiger partial charge in [0.15, 0.2) is 0 Å². The van der Waals surface area contributed by atoms with Crippen LogP contribution in [-0.2, 0) is 14.3 Å². The van der Waals surface area contributed by atoms with E-state index in [1.165, 1.54) is 0 Å². The molecule has 0 aliphatic heterocycles. The van der Waals surface area contributed by atoms with Crippen molar-refractivity contribution in [3.05, 3.63) is 29.3 Å². The van der Waals surface area contributed by atoms with Gasteiger partial charge in [0.1, 0.15) is 6.17 Å². The van der Waals surface area contributed by atoms with Crippen LogP contribution < -0.4 is 5.32 Å². The molecular formula is C15H17ClFNO3. The van der Waals surface area contributed by atoms with Crippen LogP contribution in [0.3, 0.4) is 0 Å². The van der Waals surface area contributed by atoms with Crippen LogP contribution in [0.1, 0.15) is 19.8 Å². The Bertz CT molecular complexity index is 520. The molecule has 0 heterocycles. The van der Waals surface area contributed by atoms with E-state index in [2.05, 4.69) is 5.32 Å². The Morgan fingerprint density at radius 2 is 1.90 bits per heavy atom. The first kappa shape index (κ1) is 15.8. The van der Waals surface area contributed by atoms with Crippen LogP contribution in [0.5, 0.6) is 0 Å². The lowest BCUT2D eigenvalue weighted by Crippen LogP contribution is -2.31. The summed E-state index contributed by atoms with van der Waals surface area (Å²) in [7, 11) is 0. The van der Waals surface area contributed by atoms with Crippen molar-refractivity contribution in [1.82, 2.24) is 0 Å². The molecule has 0 bridgehead atoms. The van der Waals surface area contributed by atoms with Crippen LogP contribution in [0.25, 0.3) is 0 Å². The van der Waals surface area contributed by atoms with Crippen molar-refractivity contribution >= 4 is 29.2 Å². The van der Waals surface area contributed by atoms with Crippen LogP contribution >= 0.6 is 11.6 Å². The lowest BCUT2D eigenvalue weighted by Gasteiger charge is -2.17. The second kappa shape index (κ2) is 6.89. The van der Waals surface area contributed by atoms with Crippen molar-refractivity contribution in [2.45, 2.75) is 25.9 Å². The van der Waals surface area contributed by atoms with Gasteiger partial charge >= 0.3 is 5.97 Å². The van der Waals surface area contributed by atoms with E-state index in [0.717, 1.165) is 0 Å². The molecule has 1 aliphatic rings. The number of ether oxygens (including phenoxy) is 1. The monoisotopic (exact) mass is 313 g/mol. The minimum absolute atomic E-state index is 0.0392. The molecule has 0 unspecified atom stereocenters. The largest absolute Gasteiger partial charge is 0.466 e. The number of hydrogen-bond donors (Lipinski definition) is 1. The predicted octanol–water partition coefficient (Wildman–Crippen LogP) is 3.21. The Morgan fingerprint density at radius 3 is 2.52 bits per heavy atom. The Balaban J connectivity index is 2.05. The molecule has 3 atom stereocenters. The Kier molecular flexibility index (Phi) is 5.17. The molecule has 21 heavy (non-hydrogen) atoms. The van der Waals surface area contributed by atoms with E-state index >= 15 is 0 Å². The molecule has 6 heteroatoms. The number of benzene rings is 1. The molecule has 0 saturated heterocycles. The number of halogens is 2. The van der Waals surface area contributed by atoms with Gasteiger partial charge in [0.05, 0.1) is 18.4 Å². The SMILES string of the molecule is CCOC(=O)[C@H]1C[C@@H](F)C[C@@H]1C(=O)Nc1ccc(Cl)cc1. The molecule has 1 aromatic rings. The minimum Gasteiger partial charge on any atom is -0.466 e. The molecule has 2 rings (SSSR count). The van der Waals surface area contributed by atoms with Gasteiger partial charge in [-0.2, -0.15) is 0 Å². The van der Waals surface area contributed by atoms with E-state index in [1.54, 1.807) is 31.2 Å². The van der Waals surface area contributed by atoms with Gasteiger partial charge in [-0.25, -0.2) is 4.39 Å². The zero-order valence-corrected chi connectivity index (χ0v) is 12.4. The fourth-order valence-electron chi connectivity index (χ4n) is 2.54. The number of esters is 1. The highest BCUT2D eigenvalue weighted by molar-refractivity contribution is 6.30. The first-order valence-electron chi connectivity index (χ1n) is 6.88. The minimum atomic E-state index is -1.15. The van der Waals surface area contributed by atoms with Crippen molar-refractivity contribution in [2.24, 2.45) is 11.8 Å². The average molecular weight is 314 g/mol. The zero-order valence-electron chi connectivity index (χ0n) is 11.6. The van der Waals surface area contributed by atoms with Crippen LogP contribution in [0.4, 0.5) is 10.1 Å². The molecule has 0 aromatic heterocycles. The summed E-state index contributed by atoms with van der Waals surface area (Å²) < 4.78 is 18.5. The van der Waals surface area contributed by atoms with E-state index in [0.29, 0.717) is 10.7 Å². The van der Waals surface area contributed by atoms with Crippen molar-refractivity contribution in [2.75, 3.05) is 11.9 Å². The lowest BCUT2D eigenvalue weighted by molar-refractivity contribution is -0.151. The highest BCUT2D eigenvalue weighted by Gasteiger charge is 2.43. The van der Waals surface area contributed by atoms with Gasteiger partial charge < -0.3 is 10.1 Å². The molecule has 1 N–H and O–H groups in total. The summed E-state index contributed by atoms with van der Waals surface area (Å²) in [6, 6.07) is 6.60. The molecule has 1 amide bonds. The van der Waals surface area contributed by atoms with Crippen LogP contribution in [0.15, 0.2) is 24.3 Å². The molecule has 4 nitrogen and oxygen atoms in total. The Morgan fingerprint density at radius 1 is 1.29 bits per heavy atom. The molecular weight excluding hydrogens is 297 g/mol. The third-order valence-electron chi connectivity index (χ3n) is 3.54. The Labute approximate surface area is 127 Å². The van der Waals surface area contributed by atoms with Gasteiger partial charge in [0.25, 0.3) is 0 Å². The molecule has 0 spiro atoms. The zero-order chi connectivity index (χ0) is 15.4. The molecule has 1 fully saturated rings. The maximum atomic E-state index is 13.6. The van der Waals surface area contributed by atoms with Crippen molar-refractivity contribution in [1.29, 1.82) is 0 Å². The number of carbonyl (C=O) groups excluding carboxylic acids is 2. The van der Waals surface area contributed by atoms with Gasteiger partial charge in [0.2, 0.25) is 5.91 Å². The maximum absolute atomic E-state index is 13.6. The third kappa shape index (κ3) is 3.94. The molecule has 1 saturated carbocycles. The summed E-state index contributed by atoms with van der Waals surface area (Å²) in [5.74, 6) is -2.29. The number of anilines is 1. The Hall–Kier alpha value is -1.62. The summed E-state index contributed by atoms with van der Waals surface area (Å²) >= 11 is 5.77. The summed E-state index contributed by atoms with van der Waals surface area (Å²) in [5, 5.41) is 3.24. The topological polar surface area (TPSA) is 55.4 Å². The summed E-state index contributed by atoms with van der Waals surface area (Å²) in [6.45, 7) is 1.90. The van der Waals surface area contributed by atoms with Gasteiger partial charge in [-0.1, -0.05) is 11.6 Å². The van der Waals surface area contributed by atoms with Crippen molar-refractivity contribution in [3.8, 4) is 0 Å². The molecule has 1 aromatic carbocycles. The molecule has 114 valence electrons. The number of carbonyl (C=O) groups is 2. The average Bonchev–Trinajstić information content (AvgIpc) is 2.84. The van der Waals surface area contributed by atoms with Gasteiger partial charge in [-0.05, 0) is 44.0 Å². The predicted molar refractivity (Wildman–Crippen MR) is 77.8 cm³/mol. The van der Waals surface area contributed by atoms with Gasteiger partial charge in [-0.3, -0.25) is 9.59 Å². The van der Waals surface area contributed by atoms with Crippen LogP contribution in [-0.4, -0.2) is 24.7 Å². The molecule has 0 radical (unpaired) electrons. The van der Waals surface area contributed by atoms with Gasteiger partial charge in [0, 0.05) is 10.7 Å². The number of amides is 1. The van der Waals surface area contributed by atoms with Crippen LogP contribution in [0.2, 0.25) is 5.02 Å². The standard InChI is InChI=1S/C15H17ClFNO3/c1-2-21-15(20)13-8-10(17)7-12(13)14(19)18-11-5-3-9(16)4-6-11/h3-6,10,12-13H,2,7-8H2,1H3,(H,18,19)/t10-,12-,13-/m0/s1. The number of rotatable bonds is 4. The smallest absolute Gasteiger partial charge is 0.309 e. The highest BCUT2D eigenvalue weighted by Crippen LogP contribution is 2.35. The van der Waals surface area contributed by atoms with E-state index in [-0.39, 0.29) is 25.4 Å². The second-order valence-corrected chi connectivity index (χ2v) is 5.47. The van der Waals surface area contributed by atoms with Crippen LogP contribution in [0, 0.1) is 11.8 Å². The first-order valence-corrected chi connectivity index (χ1v) is 7.26. The van der Waals surface area contributed by atoms with Crippen molar-refractivity contribution in [3.63, 3.8) is 0 Å². The normalized spacial score (nSPS) is 24.6. The second-order valence-electron chi connectivity index (χ2n) is 5.03. The van der Waals surface area contributed by atoms with Gasteiger partial charge in [-0.15, -0.1) is 0 Å². The van der Waals surface area contributed by atoms with E-state index < -0.39 is 24.0 Å². The summed E-state index contributed by atoms with van der Waals surface area (Å²) in [6.07, 6.45) is -1.07. The fraction of sp³-hybridized carbons (Fsp3) is 0.467. The number of nitrogens with one attached hydrogen (secondary N) is 1. The van der Waals surface area contributed by atoms with E-state index in [4.69, 9.17) is 16.3 Å². The lowest BCUT2D eigenvalue weighted by atomic mass is 9.95. The van der Waals surface area contributed by atoms with Crippen molar-refractivity contribution < 1.29 is 18.7 Å². The fourth-order valence-corrected chi connectivity index (χ4v) is 2.67. The highest BCUT2D eigenvalue weighted by atomic mass is 35.5. The quantitative estimate of drug-likeness (QED) is 0.868. The molecule has 1 aliphatic carbocycles. The number of hydrogen-bond acceptors (Lipinski definition) is 3. The summed E-state index contributed by atoms with van der Waals surface area (Å²) in [4.78, 5) is 24.1. The van der Waals surface area contributed by atoms with E-state index in [9.17, 15) is 14.0 Å². The summed E-state index contributed by atoms with van der Waals surface area (Å²) in [5.41, 5.74) is 0.564. The first-order chi connectivity index (χ1) is 10.0. The van der Waals surface area contributed by atoms with E-state index in [1.807, 2.05) is 0 Å². The third-order valence-corrected chi connectivity index (χ3v) is 3.79. The number of alkyl halides is 1.